The molecule has 0 aliphatic carbocycles. The summed E-state index contributed by atoms with van der Waals surface area (Å²) in [6.07, 6.45) is 1.28. The molecule has 0 atom stereocenters. The summed E-state index contributed by atoms with van der Waals surface area (Å²) in [5, 5.41) is 0.245. The third-order valence-corrected chi connectivity index (χ3v) is 4.13. The van der Waals surface area contributed by atoms with Crippen molar-refractivity contribution in [1.29, 1.82) is 0 Å². The first-order valence-electron chi connectivity index (χ1n) is 5.49. The Morgan fingerprint density at radius 2 is 2.05 bits per heavy atom. The van der Waals surface area contributed by atoms with Crippen molar-refractivity contribution < 1.29 is 12.8 Å². The predicted octanol–water partition coefficient (Wildman–Crippen LogP) is 2.57. The summed E-state index contributed by atoms with van der Waals surface area (Å²) in [4.78, 5) is 3.64. The highest BCUT2D eigenvalue weighted by molar-refractivity contribution is 7.92. The summed E-state index contributed by atoms with van der Waals surface area (Å²) >= 11 is 5.61. The van der Waals surface area contributed by atoms with Gasteiger partial charge < -0.3 is 5.73 Å². The molecule has 1 aromatic carbocycles. The van der Waals surface area contributed by atoms with E-state index in [9.17, 15) is 12.8 Å². The fourth-order valence-electron chi connectivity index (χ4n) is 1.57. The van der Waals surface area contributed by atoms with Crippen LogP contribution in [-0.4, -0.2) is 13.4 Å². The standard InChI is InChI=1S/C12H11ClFN3O2S/c1-7-4-9(5-10(15)12(7)14)20(18,19)17-8-2-3-11(13)16-6-8/h2-6,17H,15H2,1H3. The van der Waals surface area contributed by atoms with Crippen LogP contribution in [0.3, 0.4) is 0 Å². The lowest BCUT2D eigenvalue weighted by Gasteiger charge is -2.10. The van der Waals surface area contributed by atoms with Crippen LogP contribution in [0, 0.1) is 12.7 Å². The normalized spacial score (nSPS) is 11.3. The lowest BCUT2D eigenvalue weighted by molar-refractivity contribution is 0.599. The molecule has 0 radical (unpaired) electrons. The number of aryl methyl sites for hydroxylation is 1. The van der Waals surface area contributed by atoms with E-state index in [1.54, 1.807) is 0 Å². The van der Waals surface area contributed by atoms with E-state index in [4.69, 9.17) is 17.3 Å². The van der Waals surface area contributed by atoms with E-state index < -0.39 is 15.8 Å². The molecule has 8 heteroatoms. The minimum atomic E-state index is -3.87. The fourth-order valence-corrected chi connectivity index (χ4v) is 2.84. The van der Waals surface area contributed by atoms with Crippen LogP contribution in [0.4, 0.5) is 15.8 Å². The first kappa shape index (κ1) is 14.5. The number of nitrogens with two attached hydrogens (primary N) is 1. The number of nitrogens with one attached hydrogen (secondary N) is 1. The zero-order valence-corrected chi connectivity index (χ0v) is 12.0. The van der Waals surface area contributed by atoms with Crippen LogP contribution in [0.2, 0.25) is 5.15 Å². The third kappa shape index (κ3) is 3.00. The molecule has 106 valence electrons. The summed E-state index contributed by atoms with van der Waals surface area (Å²) in [5.41, 5.74) is 5.61. The molecule has 0 bridgehead atoms. The highest BCUT2D eigenvalue weighted by atomic mass is 35.5. The van der Waals surface area contributed by atoms with E-state index in [0.717, 1.165) is 6.07 Å². The second-order valence-corrected chi connectivity index (χ2v) is 6.19. The molecule has 20 heavy (non-hydrogen) atoms. The Labute approximate surface area is 120 Å². The van der Waals surface area contributed by atoms with Crippen LogP contribution >= 0.6 is 11.6 Å². The molecule has 1 aromatic heterocycles. The van der Waals surface area contributed by atoms with Crippen LogP contribution < -0.4 is 10.5 Å². The molecule has 0 aliphatic heterocycles. The zero-order chi connectivity index (χ0) is 14.9. The molecule has 5 nitrogen and oxygen atoms in total. The Morgan fingerprint density at radius 3 is 2.60 bits per heavy atom. The Kier molecular flexibility index (Phi) is 3.82. The van der Waals surface area contributed by atoms with Crippen molar-refractivity contribution >= 4 is 33.0 Å². The van der Waals surface area contributed by atoms with Crippen LogP contribution in [0.25, 0.3) is 0 Å². The highest BCUT2D eigenvalue weighted by Gasteiger charge is 2.17. The van der Waals surface area contributed by atoms with E-state index in [0.29, 0.717) is 0 Å². The van der Waals surface area contributed by atoms with Crippen molar-refractivity contribution in [1.82, 2.24) is 4.98 Å². The zero-order valence-electron chi connectivity index (χ0n) is 10.4. The lowest BCUT2D eigenvalue weighted by atomic mass is 10.2. The van der Waals surface area contributed by atoms with Gasteiger partial charge in [-0.25, -0.2) is 17.8 Å². The number of pyridine rings is 1. The van der Waals surface area contributed by atoms with Gasteiger partial charge in [-0.15, -0.1) is 0 Å². The van der Waals surface area contributed by atoms with Gasteiger partial charge in [0.25, 0.3) is 10.0 Å². The number of nitrogens with zero attached hydrogens (tertiary/aromatic N) is 1. The maximum atomic E-state index is 13.4. The van der Waals surface area contributed by atoms with E-state index >= 15 is 0 Å². The summed E-state index contributed by atoms with van der Waals surface area (Å²) in [6, 6.07) is 5.18. The van der Waals surface area contributed by atoms with Gasteiger partial charge in [0.2, 0.25) is 0 Å². The summed E-state index contributed by atoms with van der Waals surface area (Å²) in [5.74, 6) is -0.628. The van der Waals surface area contributed by atoms with Crippen molar-refractivity contribution in [3.05, 3.63) is 47.0 Å². The van der Waals surface area contributed by atoms with Gasteiger partial charge in [0.1, 0.15) is 11.0 Å². The van der Waals surface area contributed by atoms with Crippen LogP contribution in [0.1, 0.15) is 5.56 Å². The average molecular weight is 316 g/mol. The number of aromatic nitrogens is 1. The summed E-state index contributed by atoms with van der Waals surface area (Å²) < 4.78 is 40.0. The number of hydrogen-bond acceptors (Lipinski definition) is 4. The van der Waals surface area contributed by atoms with Gasteiger partial charge in [0.15, 0.2) is 0 Å². The summed E-state index contributed by atoms with van der Waals surface area (Å²) in [6.45, 7) is 1.44. The van der Waals surface area contributed by atoms with Crippen LogP contribution in [-0.2, 0) is 10.0 Å². The van der Waals surface area contributed by atoms with Gasteiger partial charge in [0, 0.05) is 0 Å². The molecule has 0 unspecified atom stereocenters. The second-order valence-electron chi connectivity index (χ2n) is 4.12. The first-order valence-corrected chi connectivity index (χ1v) is 7.36. The minimum Gasteiger partial charge on any atom is -0.396 e. The van der Waals surface area contributed by atoms with Crippen molar-refractivity contribution in [3.63, 3.8) is 0 Å². The van der Waals surface area contributed by atoms with Crippen molar-refractivity contribution in [2.75, 3.05) is 10.5 Å². The highest BCUT2D eigenvalue weighted by Crippen LogP contribution is 2.23. The molecule has 0 fully saturated rings. The number of nitrogen functional groups attached to an aromatic ring is 1. The molecule has 1 heterocycles. The number of hydrogen-bond donors (Lipinski definition) is 2. The number of sulfonamides is 1. The lowest BCUT2D eigenvalue weighted by Crippen LogP contribution is -2.14. The Hall–Kier alpha value is -1.86. The van der Waals surface area contributed by atoms with E-state index in [2.05, 4.69) is 9.71 Å². The van der Waals surface area contributed by atoms with Crippen molar-refractivity contribution in [3.8, 4) is 0 Å². The van der Waals surface area contributed by atoms with E-state index in [1.807, 2.05) is 0 Å². The molecule has 0 amide bonds. The number of halogens is 2. The van der Waals surface area contributed by atoms with Crippen molar-refractivity contribution in [2.45, 2.75) is 11.8 Å². The van der Waals surface area contributed by atoms with Crippen LogP contribution in [0.15, 0.2) is 35.4 Å². The molecule has 2 rings (SSSR count). The van der Waals surface area contributed by atoms with E-state index in [1.165, 1.54) is 31.3 Å². The number of benzene rings is 1. The quantitative estimate of drug-likeness (QED) is 0.673. The summed E-state index contributed by atoms with van der Waals surface area (Å²) in [7, 11) is -3.87. The smallest absolute Gasteiger partial charge is 0.262 e. The van der Waals surface area contributed by atoms with Gasteiger partial charge in [-0.1, -0.05) is 11.6 Å². The van der Waals surface area contributed by atoms with Gasteiger partial charge >= 0.3 is 0 Å². The first-order chi connectivity index (χ1) is 9.29. The van der Waals surface area contributed by atoms with Crippen LogP contribution in [0.5, 0.6) is 0 Å². The SMILES string of the molecule is Cc1cc(S(=O)(=O)Nc2ccc(Cl)nc2)cc(N)c1F. The predicted molar refractivity (Wildman–Crippen MR) is 75.6 cm³/mol. The van der Waals surface area contributed by atoms with Crippen molar-refractivity contribution in [2.24, 2.45) is 0 Å². The third-order valence-electron chi connectivity index (χ3n) is 2.55. The van der Waals surface area contributed by atoms with Gasteiger partial charge in [-0.3, -0.25) is 4.72 Å². The molecule has 0 spiro atoms. The maximum absolute atomic E-state index is 13.4. The molecule has 0 saturated heterocycles. The molecule has 0 aliphatic rings. The second kappa shape index (κ2) is 5.26. The average Bonchev–Trinajstić information content (AvgIpc) is 2.38. The Bertz CT molecular complexity index is 725. The topological polar surface area (TPSA) is 85.1 Å². The van der Waals surface area contributed by atoms with E-state index in [-0.39, 0.29) is 27.0 Å². The van der Waals surface area contributed by atoms with Gasteiger partial charge in [0.05, 0.1) is 22.5 Å². The molecular formula is C12H11ClFN3O2S. The maximum Gasteiger partial charge on any atom is 0.262 e. The molecule has 3 N–H and O–H groups in total. The number of anilines is 2. The Balaban J connectivity index is 2.38. The minimum absolute atomic E-state index is 0.121. The monoisotopic (exact) mass is 315 g/mol. The largest absolute Gasteiger partial charge is 0.396 e. The molecular weight excluding hydrogens is 305 g/mol. The number of rotatable bonds is 3. The van der Waals surface area contributed by atoms with Gasteiger partial charge in [-0.05, 0) is 36.8 Å². The van der Waals surface area contributed by atoms with Gasteiger partial charge in [-0.2, -0.15) is 0 Å². The molecule has 2 aromatic rings. The Morgan fingerprint density at radius 1 is 1.35 bits per heavy atom. The molecule has 0 saturated carbocycles. The fraction of sp³-hybridized carbons (Fsp3) is 0.0833.